The number of rotatable bonds is 10. The standard InChI is InChI=1S/C26H28N6O5S/c1-36-23-9-7-19(14-24(23)37-2)25(32(27)22-8-6-20-16-29-11-10-18(20)13-22)26(33)30-15-17-4-3-5-21(12-17)31-38(28,34)35/h3-14,16,25,31H,15,27H2,1-2H3,(H,30,33)(H2,28,34,35). The summed E-state index contributed by atoms with van der Waals surface area (Å²) in [5, 5.41) is 11.2. The molecule has 1 unspecified atom stereocenters. The normalized spacial score (nSPS) is 12.0. The zero-order chi connectivity index (χ0) is 27.3. The van der Waals surface area contributed by atoms with E-state index < -0.39 is 16.3 Å². The highest BCUT2D eigenvalue weighted by molar-refractivity contribution is 7.90. The summed E-state index contributed by atoms with van der Waals surface area (Å²) in [6, 6.07) is 18.2. The first-order chi connectivity index (χ1) is 18.2. The molecule has 1 aromatic heterocycles. The summed E-state index contributed by atoms with van der Waals surface area (Å²) in [5.41, 5.74) is 2.11. The van der Waals surface area contributed by atoms with Crippen LogP contribution in [0.5, 0.6) is 11.5 Å². The zero-order valence-electron chi connectivity index (χ0n) is 20.8. The smallest absolute Gasteiger partial charge is 0.296 e. The van der Waals surface area contributed by atoms with Gasteiger partial charge in [-0.2, -0.15) is 8.42 Å². The average molecular weight is 537 g/mol. The van der Waals surface area contributed by atoms with E-state index in [2.05, 4.69) is 15.0 Å². The number of nitrogens with two attached hydrogens (primary N) is 2. The first-order valence-corrected chi connectivity index (χ1v) is 13.0. The van der Waals surface area contributed by atoms with Gasteiger partial charge in [-0.1, -0.05) is 24.3 Å². The second-order valence-corrected chi connectivity index (χ2v) is 9.69. The number of aromatic nitrogens is 1. The van der Waals surface area contributed by atoms with Crippen LogP contribution >= 0.6 is 0 Å². The number of anilines is 2. The fraction of sp³-hybridized carbons (Fsp3) is 0.154. The molecule has 1 heterocycles. The highest BCUT2D eigenvalue weighted by Crippen LogP contribution is 2.33. The second kappa shape index (κ2) is 11.3. The van der Waals surface area contributed by atoms with Crippen molar-refractivity contribution in [2.24, 2.45) is 11.0 Å². The number of methoxy groups -OCH3 is 2. The molecule has 0 aliphatic heterocycles. The summed E-state index contributed by atoms with van der Waals surface area (Å²) in [6.07, 6.45) is 3.43. The number of hydrazine groups is 1. The van der Waals surface area contributed by atoms with E-state index in [1.807, 2.05) is 24.3 Å². The molecule has 12 heteroatoms. The lowest BCUT2D eigenvalue weighted by atomic mass is 10.0. The molecular formula is C26H28N6O5S. The maximum absolute atomic E-state index is 13.6. The number of carbonyl (C=O) groups excluding carboxylic acids is 1. The number of benzene rings is 3. The Morgan fingerprint density at radius 3 is 2.53 bits per heavy atom. The van der Waals surface area contributed by atoms with Gasteiger partial charge >= 0.3 is 0 Å². The maximum Gasteiger partial charge on any atom is 0.296 e. The summed E-state index contributed by atoms with van der Waals surface area (Å²) < 4.78 is 35.7. The predicted octanol–water partition coefficient (Wildman–Crippen LogP) is 2.61. The van der Waals surface area contributed by atoms with Gasteiger partial charge in [0.25, 0.3) is 10.2 Å². The molecule has 4 rings (SSSR count). The third-order valence-corrected chi connectivity index (χ3v) is 6.35. The Morgan fingerprint density at radius 2 is 1.79 bits per heavy atom. The Labute approximate surface area is 220 Å². The van der Waals surface area contributed by atoms with Crippen molar-refractivity contribution in [3.05, 3.63) is 90.3 Å². The van der Waals surface area contributed by atoms with Crippen molar-refractivity contribution in [2.45, 2.75) is 12.6 Å². The lowest BCUT2D eigenvalue weighted by Crippen LogP contribution is -2.44. The SMILES string of the molecule is COc1ccc(C(C(=O)NCc2cccc(NS(N)(=O)=O)c2)N(N)c2ccc3cnccc3c2)cc1OC. The minimum Gasteiger partial charge on any atom is -0.493 e. The highest BCUT2D eigenvalue weighted by Gasteiger charge is 2.28. The van der Waals surface area contributed by atoms with Crippen LogP contribution in [0.1, 0.15) is 17.2 Å². The van der Waals surface area contributed by atoms with Gasteiger partial charge in [0.05, 0.1) is 25.6 Å². The Kier molecular flexibility index (Phi) is 7.96. The third-order valence-electron chi connectivity index (χ3n) is 5.83. The monoisotopic (exact) mass is 536 g/mol. The Balaban J connectivity index is 1.65. The van der Waals surface area contributed by atoms with Crippen LogP contribution in [0.25, 0.3) is 10.8 Å². The second-order valence-electron chi connectivity index (χ2n) is 8.40. The molecule has 0 radical (unpaired) electrons. The number of hydrogen-bond donors (Lipinski definition) is 4. The molecule has 0 aliphatic rings. The molecule has 6 N–H and O–H groups in total. The lowest BCUT2D eigenvalue weighted by molar-refractivity contribution is -0.122. The molecule has 3 aromatic carbocycles. The Hall–Kier alpha value is -4.39. The van der Waals surface area contributed by atoms with E-state index in [4.69, 9.17) is 20.5 Å². The number of carbonyl (C=O) groups is 1. The van der Waals surface area contributed by atoms with Crippen LogP contribution in [0.2, 0.25) is 0 Å². The number of fused-ring (bicyclic) bond motifs is 1. The van der Waals surface area contributed by atoms with Gasteiger partial charge in [0.2, 0.25) is 5.91 Å². The summed E-state index contributed by atoms with van der Waals surface area (Å²) in [6.45, 7) is 0.111. The summed E-state index contributed by atoms with van der Waals surface area (Å²) in [5.74, 6) is 7.15. The fourth-order valence-electron chi connectivity index (χ4n) is 4.04. The van der Waals surface area contributed by atoms with E-state index in [-0.39, 0.29) is 18.1 Å². The van der Waals surface area contributed by atoms with Gasteiger partial charge < -0.3 is 14.8 Å². The van der Waals surface area contributed by atoms with Crippen molar-refractivity contribution in [3.63, 3.8) is 0 Å². The van der Waals surface area contributed by atoms with Crippen molar-refractivity contribution in [1.29, 1.82) is 0 Å². The molecule has 198 valence electrons. The van der Waals surface area contributed by atoms with Crippen molar-refractivity contribution >= 4 is 38.3 Å². The van der Waals surface area contributed by atoms with Crippen LogP contribution in [0.4, 0.5) is 11.4 Å². The summed E-state index contributed by atoms with van der Waals surface area (Å²) in [7, 11) is -0.893. The third kappa shape index (κ3) is 6.29. The van der Waals surface area contributed by atoms with E-state index in [9.17, 15) is 13.2 Å². The van der Waals surface area contributed by atoms with E-state index in [1.165, 1.54) is 19.2 Å². The van der Waals surface area contributed by atoms with Gasteiger partial charge in [0.1, 0.15) is 6.04 Å². The minimum atomic E-state index is -3.93. The largest absolute Gasteiger partial charge is 0.493 e. The summed E-state index contributed by atoms with van der Waals surface area (Å²) >= 11 is 0. The van der Waals surface area contributed by atoms with Crippen molar-refractivity contribution < 1.29 is 22.7 Å². The lowest BCUT2D eigenvalue weighted by Gasteiger charge is -2.29. The molecule has 0 saturated heterocycles. The molecule has 11 nitrogen and oxygen atoms in total. The molecule has 38 heavy (non-hydrogen) atoms. The van der Waals surface area contributed by atoms with Gasteiger partial charge in [0, 0.05) is 24.3 Å². The maximum atomic E-state index is 13.6. The molecule has 1 amide bonds. The zero-order valence-corrected chi connectivity index (χ0v) is 21.6. The number of pyridine rings is 1. The topological polar surface area (TPSA) is 162 Å². The molecule has 0 spiro atoms. The van der Waals surface area contributed by atoms with Crippen LogP contribution in [0.15, 0.2) is 79.1 Å². The quantitative estimate of drug-likeness (QED) is 0.178. The number of nitrogens with one attached hydrogen (secondary N) is 2. The van der Waals surface area contributed by atoms with Crippen LogP contribution in [0, 0.1) is 0 Å². The van der Waals surface area contributed by atoms with E-state index in [0.717, 1.165) is 10.8 Å². The van der Waals surface area contributed by atoms with Crippen molar-refractivity contribution in [1.82, 2.24) is 10.3 Å². The molecule has 4 aromatic rings. The Morgan fingerprint density at radius 1 is 1.00 bits per heavy atom. The van der Waals surface area contributed by atoms with Gasteiger partial charge in [-0.15, -0.1) is 0 Å². The van der Waals surface area contributed by atoms with Gasteiger partial charge in [0.15, 0.2) is 11.5 Å². The van der Waals surface area contributed by atoms with Gasteiger partial charge in [-0.3, -0.25) is 19.5 Å². The van der Waals surface area contributed by atoms with Crippen LogP contribution < -0.4 is 35.5 Å². The average Bonchev–Trinajstić information content (AvgIpc) is 2.90. The number of nitrogens with zero attached hydrogens (tertiary/aromatic N) is 2. The van der Waals surface area contributed by atoms with Gasteiger partial charge in [-0.05, 0) is 59.0 Å². The molecule has 1 atom stereocenters. The van der Waals surface area contributed by atoms with E-state index in [0.29, 0.717) is 28.3 Å². The number of hydrogen-bond acceptors (Lipinski definition) is 8. The molecule has 0 saturated carbocycles. The van der Waals surface area contributed by atoms with Crippen LogP contribution in [-0.2, 0) is 21.5 Å². The van der Waals surface area contributed by atoms with Crippen LogP contribution in [0.3, 0.4) is 0 Å². The summed E-state index contributed by atoms with van der Waals surface area (Å²) in [4.78, 5) is 17.7. The first kappa shape index (κ1) is 26.7. The molecular weight excluding hydrogens is 508 g/mol. The van der Waals surface area contributed by atoms with Crippen LogP contribution in [-0.4, -0.2) is 33.5 Å². The molecule has 0 bridgehead atoms. The number of amides is 1. The predicted molar refractivity (Wildman–Crippen MR) is 146 cm³/mol. The number of ether oxygens (including phenoxy) is 2. The molecule has 0 aliphatic carbocycles. The van der Waals surface area contributed by atoms with Gasteiger partial charge in [-0.25, -0.2) is 11.0 Å². The Bertz CT molecular complexity index is 1560. The minimum absolute atomic E-state index is 0.111. The first-order valence-electron chi connectivity index (χ1n) is 11.5. The highest BCUT2D eigenvalue weighted by atomic mass is 32.2. The van der Waals surface area contributed by atoms with Crippen molar-refractivity contribution in [3.8, 4) is 11.5 Å². The van der Waals surface area contributed by atoms with Crippen molar-refractivity contribution in [2.75, 3.05) is 24.0 Å². The molecule has 0 fully saturated rings. The fourth-order valence-corrected chi connectivity index (χ4v) is 4.49. The van der Waals surface area contributed by atoms with E-state index in [1.54, 1.807) is 54.9 Å². The van der Waals surface area contributed by atoms with E-state index >= 15 is 0 Å².